The number of hydrogen-bond donors (Lipinski definition) is 0. The zero-order valence-corrected chi connectivity index (χ0v) is 10.6. The van der Waals surface area contributed by atoms with Gasteiger partial charge in [0.05, 0.1) is 5.69 Å². The highest BCUT2D eigenvalue weighted by atomic mass is 16.1. The Labute approximate surface area is 101 Å². The Morgan fingerprint density at radius 2 is 1.88 bits per heavy atom. The summed E-state index contributed by atoms with van der Waals surface area (Å²) >= 11 is 0. The van der Waals surface area contributed by atoms with Crippen LogP contribution in [0.3, 0.4) is 0 Å². The monoisotopic (exact) mass is 228 g/mol. The number of ketones is 1. The van der Waals surface area contributed by atoms with Crippen molar-refractivity contribution in [3.63, 3.8) is 0 Å². The largest absolute Gasteiger partial charge is 0.294 e. The summed E-state index contributed by atoms with van der Waals surface area (Å²) in [7, 11) is 1.92. The topological polar surface area (TPSA) is 34.9 Å². The number of hydrogen-bond acceptors (Lipinski definition) is 2. The van der Waals surface area contributed by atoms with Gasteiger partial charge in [0.25, 0.3) is 0 Å². The minimum Gasteiger partial charge on any atom is -0.294 e. The molecule has 0 spiro atoms. The van der Waals surface area contributed by atoms with E-state index in [1.165, 1.54) is 0 Å². The molecule has 2 aromatic rings. The Bertz CT molecular complexity index is 582. The van der Waals surface area contributed by atoms with E-state index in [-0.39, 0.29) is 5.78 Å². The first-order chi connectivity index (χ1) is 8.02. The van der Waals surface area contributed by atoms with E-state index in [2.05, 4.69) is 5.10 Å². The smallest absolute Gasteiger partial charge is 0.160 e. The molecule has 0 aliphatic rings. The first kappa shape index (κ1) is 11.6. The molecule has 0 amide bonds. The van der Waals surface area contributed by atoms with E-state index in [9.17, 15) is 4.79 Å². The highest BCUT2D eigenvalue weighted by Gasteiger charge is 2.16. The second kappa shape index (κ2) is 4.17. The van der Waals surface area contributed by atoms with Gasteiger partial charge < -0.3 is 0 Å². The molecule has 1 heterocycles. The van der Waals surface area contributed by atoms with Crippen molar-refractivity contribution in [3.05, 3.63) is 41.2 Å². The molecule has 1 aromatic carbocycles. The van der Waals surface area contributed by atoms with Crippen LogP contribution in [0.25, 0.3) is 11.1 Å². The summed E-state index contributed by atoms with van der Waals surface area (Å²) in [5.41, 5.74) is 4.84. The molecule has 0 unspecified atom stereocenters. The van der Waals surface area contributed by atoms with E-state index in [4.69, 9.17) is 0 Å². The molecular formula is C14H16N2O. The molecule has 3 nitrogen and oxygen atoms in total. The number of aromatic nitrogens is 2. The average Bonchev–Trinajstić information content (AvgIpc) is 2.53. The van der Waals surface area contributed by atoms with Crippen molar-refractivity contribution in [3.8, 4) is 11.1 Å². The van der Waals surface area contributed by atoms with E-state index < -0.39 is 0 Å². The Hall–Kier alpha value is -1.90. The summed E-state index contributed by atoms with van der Waals surface area (Å²) in [4.78, 5) is 11.6. The van der Waals surface area contributed by atoms with Crippen molar-refractivity contribution >= 4 is 5.78 Å². The van der Waals surface area contributed by atoms with Crippen molar-refractivity contribution in [2.45, 2.75) is 20.8 Å². The SMILES string of the molecule is CC(=O)c1ccccc1-c1c(C)nn(C)c1C. The van der Waals surface area contributed by atoms with Crippen LogP contribution in [0.5, 0.6) is 0 Å². The van der Waals surface area contributed by atoms with Crippen LogP contribution in [0.2, 0.25) is 0 Å². The molecule has 3 heteroatoms. The van der Waals surface area contributed by atoms with Gasteiger partial charge >= 0.3 is 0 Å². The Morgan fingerprint density at radius 1 is 1.24 bits per heavy atom. The normalized spacial score (nSPS) is 10.6. The van der Waals surface area contributed by atoms with Gasteiger partial charge in [0.15, 0.2) is 5.78 Å². The third-order valence-electron chi connectivity index (χ3n) is 3.08. The quantitative estimate of drug-likeness (QED) is 0.741. The Balaban J connectivity index is 2.72. The zero-order valence-electron chi connectivity index (χ0n) is 10.6. The number of rotatable bonds is 2. The van der Waals surface area contributed by atoms with Crippen molar-refractivity contribution in [1.82, 2.24) is 9.78 Å². The first-order valence-corrected chi connectivity index (χ1v) is 5.63. The summed E-state index contributed by atoms with van der Waals surface area (Å²) in [6, 6.07) is 7.69. The summed E-state index contributed by atoms with van der Waals surface area (Å²) in [5.74, 6) is 0.0863. The highest BCUT2D eigenvalue weighted by Crippen LogP contribution is 2.29. The van der Waals surface area contributed by atoms with Crippen LogP contribution in [-0.4, -0.2) is 15.6 Å². The summed E-state index contributed by atoms with van der Waals surface area (Å²) < 4.78 is 1.85. The molecule has 0 aliphatic heterocycles. The number of benzene rings is 1. The Morgan fingerprint density at radius 3 is 2.41 bits per heavy atom. The van der Waals surface area contributed by atoms with Crippen molar-refractivity contribution in [2.75, 3.05) is 0 Å². The second-order valence-corrected chi connectivity index (χ2v) is 4.27. The molecule has 0 aliphatic carbocycles. The maximum absolute atomic E-state index is 11.6. The van der Waals surface area contributed by atoms with Gasteiger partial charge in [-0.3, -0.25) is 9.48 Å². The molecule has 0 N–H and O–H groups in total. The standard InChI is InChI=1S/C14H16N2O/c1-9-14(10(2)16(4)15-9)13-8-6-5-7-12(13)11(3)17/h5-8H,1-4H3. The van der Waals surface area contributed by atoms with Gasteiger partial charge in [0, 0.05) is 23.9 Å². The van der Waals surface area contributed by atoms with Crippen molar-refractivity contribution < 1.29 is 4.79 Å². The number of carbonyl (C=O) groups excluding carboxylic acids is 1. The van der Waals surface area contributed by atoms with E-state index in [1.807, 2.05) is 49.8 Å². The maximum atomic E-state index is 11.6. The van der Waals surface area contributed by atoms with E-state index in [0.29, 0.717) is 0 Å². The van der Waals surface area contributed by atoms with Crippen LogP contribution in [0, 0.1) is 13.8 Å². The molecule has 2 rings (SSSR count). The Kier molecular flexibility index (Phi) is 2.84. The van der Waals surface area contributed by atoms with Gasteiger partial charge in [0.1, 0.15) is 0 Å². The molecule has 88 valence electrons. The lowest BCUT2D eigenvalue weighted by atomic mass is 9.96. The number of carbonyl (C=O) groups is 1. The molecule has 0 atom stereocenters. The molecule has 0 saturated heterocycles. The third-order valence-corrected chi connectivity index (χ3v) is 3.08. The lowest BCUT2D eigenvalue weighted by Gasteiger charge is -2.07. The van der Waals surface area contributed by atoms with Crippen LogP contribution in [0.15, 0.2) is 24.3 Å². The predicted molar refractivity (Wildman–Crippen MR) is 68.1 cm³/mol. The lowest BCUT2D eigenvalue weighted by molar-refractivity contribution is 0.101. The van der Waals surface area contributed by atoms with Crippen molar-refractivity contribution in [2.24, 2.45) is 7.05 Å². The fourth-order valence-electron chi connectivity index (χ4n) is 2.17. The van der Waals surface area contributed by atoms with Crippen LogP contribution in [0.4, 0.5) is 0 Å². The van der Waals surface area contributed by atoms with Gasteiger partial charge in [-0.15, -0.1) is 0 Å². The highest BCUT2D eigenvalue weighted by molar-refractivity contribution is 6.01. The molecular weight excluding hydrogens is 212 g/mol. The lowest BCUT2D eigenvalue weighted by Crippen LogP contribution is -1.97. The molecule has 1 aromatic heterocycles. The molecule has 17 heavy (non-hydrogen) atoms. The zero-order chi connectivity index (χ0) is 12.6. The number of aryl methyl sites for hydroxylation is 2. The fourth-order valence-corrected chi connectivity index (χ4v) is 2.17. The predicted octanol–water partition coefficient (Wildman–Crippen LogP) is 2.91. The van der Waals surface area contributed by atoms with Gasteiger partial charge in [-0.25, -0.2) is 0 Å². The maximum Gasteiger partial charge on any atom is 0.160 e. The van der Waals surface area contributed by atoms with E-state index >= 15 is 0 Å². The van der Waals surface area contributed by atoms with Crippen LogP contribution in [-0.2, 0) is 7.05 Å². The number of nitrogens with zero attached hydrogens (tertiary/aromatic N) is 2. The molecule has 0 fully saturated rings. The van der Waals surface area contributed by atoms with Crippen LogP contribution in [0.1, 0.15) is 28.7 Å². The fraction of sp³-hybridized carbons (Fsp3) is 0.286. The van der Waals surface area contributed by atoms with E-state index in [0.717, 1.165) is 28.1 Å². The summed E-state index contributed by atoms with van der Waals surface area (Å²) in [6.07, 6.45) is 0. The molecule has 0 radical (unpaired) electrons. The molecule has 0 bridgehead atoms. The summed E-state index contributed by atoms with van der Waals surface area (Å²) in [5, 5.41) is 4.39. The van der Waals surface area contributed by atoms with Gasteiger partial charge in [0.2, 0.25) is 0 Å². The first-order valence-electron chi connectivity index (χ1n) is 5.63. The second-order valence-electron chi connectivity index (χ2n) is 4.27. The van der Waals surface area contributed by atoms with Crippen LogP contribution < -0.4 is 0 Å². The van der Waals surface area contributed by atoms with Gasteiger partial charge in [-0.2, -0.15) is 5.10 Å². The minimum absolute atomic E-state index is 0.0863. The van der Waals surface area contributed by atoms with Crippen molar-refractivity contribution in [1.29, 1.82) is 0 Å². The van der Waals surface area contributed by atoms with Crippen LogP contribution >= 0.6 is 0 Å². The van der Waals surface area contributed by atoms with Gasteiger partial charge in [-0.1, -0.05) is 24.3 Å². The minimum atomic E-state index is 0.0863. The third kappa shape index (κ3) is 1.88. The number of Topliss-reactive ketones (excluding diaryl/α,β-unsaturated/α-hetero) is 1. The van der Waals surface area contributed by atoms with Gasteiger partial charge in [-0.05, 0) is 26.3 Å². The molecule has 0 saturated carbocycles. The summed E-state index contributed by atoms with van der Waals surface area (Å²) in [6.45, 7) is 5.59. The average molecular weight is 228 g/mol. The van der Waals surface area contributed by atoms with E-state index in [1.54, 1.807) is 6.92 Å².